The van der Waals surface area contributed by atoms with Crippen LogP contribution in [0, 0.1) is 0 Å². The van der Waals surface area contributed by atoms with Gasteiger partial charge in [0.1, 0.15) is 0 Å². The van der Waals surface area contributed by atoms with E-state index in [9.17, 15) is 0 Å². The molecular formula is C17H19N3. The topological polar surface area (TPSA) is 50.1 Å². The fourth-order valence-electron chi connectivity index (χ4n) is 2.51. The molecule has 1 aliphatic heterocycles. The number of anilines is 2. The second kappa shape index (κ2) is 4.93. The first kappa shape index (κ1) is 12.6. The molecule has 0 unspecified atom stereocenters. The molecule has 0 aliphatic carbocycles. The lowest BCUT2D eigenvalue weighted by Gasteiger charge is -2.17. The Labute approximate surface area is 119 Å². The summed E-state index contributed by atoms with van der Waals surface area (Å²) in [6, 6.07) is 16.7. The minimum atomic E-state index is 0.321. The lowest BCUT2D eigenvalue weighted by Crippen LogP contribution is -2.23. The molecule has 0 radical (unpaired) electrons. The van der Waals surface area contributed by atoms with Crippen LogP contribution in [-0.2, 0) is 0 Å². The van der Waals surface area contributed by atoms with Gasteiger partial charge < -0.3 is 16.4 Å². The fraction of sp³-hybridized carbons (Fsp3) is 0.176. The van der Waals surface area contributed by atoms with Crippen molar-refractivity contribution in [2.45, 2.75) is 19.9 Å². The predicted molar refractivity (Wildman–Crippen MR) is 85.4 cm³/mol. The molecule has 1 aliphatic rings. The van der Waals surface area contributed by atoms with E-state index in [0.717, 1.165) is 33.9 Å². The molecule has 3 nitrogen and oxygen atoms in total. The monoisotopic (exact) mass is 265 g/mol. The van der Waals surface area contributed by atoms with E-state index < -0.39 is 0 Å². The summed E-state index contributed by atoms with van der Waals surface area (Å²) in [5.41, 5.74) is 12.5. The van der Waals surface area contributed by atoms with Gasteiger partial charge in [0, 0.05) is 28.5 Å². The second-order valence-electron chi connectivity index (χ2n) is 5.30. The molecule has 0 saturated carbocycles. The Bertz CT molecular complexity index is 671. The van der Waals surface area contributed by atoms with Gasteiger partial charge in [-0.15, -0.1) is 0 Å². The molecule has 102 valence electrons. The minimum absolute atomic E-state index is 0.321. The highest BCUT2D eigenvalue weighted by Crippen LogP contribution is 2.36. The van der Waals surface area contributed by atoms with Crippen molar-refractivity contribution in [3.63, 3.8) is 0 Å². The smallest absolute Gasteiger partial charge is 0.0677 e. The molecule has 3 rings (SSSR count). The second-order valence-corrected chi connectivity index (χ2v) is 5.30. The van der Waals surface area contributed by atoms with Crippen LogP contribution in [0.3, 0.4) is 0 Å². The quantitative estimate of drug-likeness (QED) is 0.778. The third kappa shape index (κ3) is 2.11. The first-order valence-corrected chi connectivity index (χ1v) is 6.89. The first-order valence-electron chi connectivity index (χ1n) is 6.89. The lowest BCUT2D eigenvalue weighted by atomic mass is 10.0. The molecule has 0 atom stereocenters. The van der Waals surface area contributed by atoms with Gasteiger partial charge in [0.05, 0.1) is 11.4 Å². The number of nitrogens with two attached hydrogens (primary N) is 1. The van der Waals surface area contributed by atoms with Gasteiger partial charge in [0.15, 0.2) is 0 Å². The van der Waals surface area contributed by atoms with Crippen LogP contribution in [0.25, 0.3) is 11.4 Å². The van der Waals surface area contributed by atoms with Crippen molar-refractivity contribution >= 4 is 22.8 Å². The van der Waals surface area contributed by atoms with Gasteiger partial charge in [-0.2, -0.15) is 0 Å². The average Bonchev–Trinajstić information content (AvgIpc) is 2.55. The summed E-state index contributed by atoms with van der Waals surface area (Å²) in [4.78, 5) is 0. The van der Waals surface area contributed by atoms with E-state index in [0.29, 0.717) is 6.04 Å². The maximum Gasteiger partial charge on any atom is 0.0677 e. The van der Waals surface area contributed by atoms with E-state index in [2.05, 4.69) is 42.7 Å². The Morgan fingerprint density at radius 2 is 1.45 bits per heavy atom. The fourth-order valence-corrected chi connectivity index (χ4v) is 2.51. The van der Waals surface area contributed by atoms with Crippen molar-refractivity contribution in [1.29, 1.82) is 0 Å². The zero-order chi connectivity index (χ0) is 14.1. The number of para-hydroxylation sites is 2. The molecule has 2 aromatic carbocycles. The van der Waals surface area contributed by atoms with E-state index in [1.165, 1.54) is 0 Å². The predicted octanol–water partition coefficient (Wildman–Crippen LogP) is 3.53. The van der Waals surface area contributed by atoms with Crippen molar-refractivity contribution in [2.24, 2.45) is 5.73 Å². The molecule has 2 aromatic rings. The summed E-state index contributed by atoms with van der Waals surface area (Å²) in [7, 11) is 0. The zero-order valence-corrected chi connectivity index (χ0v) is 11.8. The third-order valence-corrected chi connectivity index (χ3v) is 3.39. The molecule has 3 heteroatoms. The zero-order valence-electron chi connectivity index (χ0n) is 11.8. The Morgan fingerprint density at radius 3 is 2.10 bits per heavy atom. The molecule has 0 spiro atoms. The van der Waals surface area contributed by atoms with Crippen molar-refractivity contribution < 1.29 is 0 Å². The molecular weight excluding hydrogens is 246 g/mol. The summed E-state index contributed by atoms with van der Waals surface area (Å²) in [5, 5.41) is 6.96. The van der Waals surface area contributed by atoms with Crippen LogP contribution in [-0.4, -0.2) is 6.04 Å². The number of benzene rings is 2. The molecule has 0 bridgehead atoms. The Morgan fingerprint density at radius 1 is 0.900 bits per heavy atom. The SMILES string of the molecule is CC(C)NC1=C(N)c2ccccc2Nc2ccccc21. The van der Waals surface area contributed by atoms with Crippen molar-refractivity contribution in [3.8, 4) is 0 Å². The van der Waals surface area contributed by atoms with E-state index in [1.54, 1.807) is 0 Å². The molecule has 1 heterocycles. The molecule has 0 fully saturated rings. The van der Waals surface area contributed by atoms with Crippen molar-refractivity contribution in [2.75, 3.05) is 5.32 Å². The number of hydrogen-bond acceptors (Lipinski definition) is 3. The number of fused-ring (bicyclic) bond motifs is 2. The van der Waals surface area contributed by atoms with E-state index >= 15 is 0 Å². The van der Waals surface area contributed by atoms with Gasteiger partial charge in [-0.25, -0.2) is 0 Å². The van der Waals surface area contributed by atoms with Crippen LogP contribution in [0.15, 0.2) is 48.5 Å². The Kier molecular flexibility index (Phi) is 3.11. The summed E-state index contributed by atoms with van der Waals surface area (Å²) in [6.07, 6.45) is 0. The number of rotatable bonds is 2. The highest BCUT2D eigenvalue weighted by atomic mass is 15.0. The van der Waals surface area contributed by atoms with Crippen LogP contribution in [0.4, 0.5) is 11.4 Å². The van der Waals surface area contributed by atoms with Gasteiger partial charge in [0.2, 0.25) is 0 Å². The lowest BCUT2D eigenvalue weighted by molar-refractivity contribution is 0.718. The third-order valence-electron chi connectivity index (χ3n) is 3.39. The van der Waals surface area contributed by atoms with Crippen molar-refractivity contribution in [1.82, 2.24) is 5.32 Å². The largest absolute Gasteiger partial charge is 0.396 e. The van der Waals surface area contributed by atoms with Crippen LogP contribution in [0.1, 0.15) is 25.0 Å². The van der Waals surface area contributed by atoms with Gasteiger partial charge in [-0.05, 0) is 26.0 Å². The summed E-state index contributed by atoms with van der Waals surface area (Å²) in [5.74, 6) is 0. The first-order chi connectivity index (χ1) is 9.66. The van der Waals surface area contributed by atoms with E-state index in [4.69, 9.17) is 5.73 Å². The maximum atomic E-state index is 6.43. The normalized spacial score (nSPS) is 13.3. The van der Waals surface area contributed by atoms with Crippen molar-refractivity contribution in [3.05, 3.63) is 59.7 Å². The molecule has 0 aromatic heterocycles. The highest BCUT2D eigenvalue weighted by molar-refractivity contribution is 5.98. The highest BCUT2D eigenvalue weighted by Gasteiger charge is 2.19. The van der Waals surface area contributed by atoms with Gasteiger partial charge in [0.25, 0.3) is 0 Å². The maximum absolute atomic E-state index is 6.43. The van der Waals surface area contributed by atoms with Crippen LogP contribution < -0.4 is 16.4 Å². The molecule has 4 N–H and O–H groups in total. The minimum Gasteiger partial charge on any atom is -0.396 e. The summed E-state index contributed by atoms with van der Waals surface area (Å²) < 4.78 is 0. The Hall–Kier alpha value is -2.42. The van der Waals surface area contributed by atoms with E-state index in [-0.39, 0.29) is 0 Å². The van der Waals surface area contributed by atoms with Crippen LogP contribution >= 0.6 is 0 Å². The number of nitrogens with one attached hydrogen (secondary N) is 2. The molecule has 20 heavy (non-hydrogen) atoms. The Balaban J connectivity index is 2.26. The summed E-state index contributed by atoms with van der Waals surface area (Å²) >= 11 is 0. The van der Waals surface area contributed by atoms with Crippen LogP contribution in [0.2, 0.25) is 0 Å². The van der Waals surface area contributed by atoms with Gasteiger partial charge in [-0.1, -0.05) is 36.4 Å². The summed E-state index contributed by atoms with van der Waals surface area (Å²) in [6.45, 7) is 4.24. The van der Waals surface area contributed by atoms with Crippen LogP contribution in [0.5, 0.6) is 0 Å². The molecule has 0 amide bonds. The van der Waals surface area contributed by atoms with E-state index in [1.807, 2.05) is 30.3 Å². The number of hydrogen-bond donors (Lipinski definition) is 3. The molecule has 0 saturated heterocycles. The van der Waals surface area contributed by atoms with Gasteiger partial charge in [-0.3, -0.25) is 0 Å². The average molecular weight is 265 g/mol. The standard InChI is InChI=1S/C17H19N3/c1-11(2)19-17-13-8-4-6-10-15(13)20-14-9-5-3-7-12(14)16(17)18/h3-11,19-20H,18H2,1-2H3. The van der Waals surface area contributed by atoms with Gasteiger partial charge >= 0.3 is 0 Å².